The van der Waals surface area contributed by atoms with Gasteiger partial charge in [-0.3, -0.25) is 4.79 Å². The molecule has 0 aliphatic carbocycles. The Bertz CT molecular complexity index is 967. The van der Waals surface area contributed by atoms with Crippen LogP contribution in [0.3, 0.4) is 0 Å². The quantitative estimate of drug-likeness (QED) is 0.562. The molecule has 2 N–H and O–H groups in total. The van der Waals surface area contributed by atoms with E-state index >= 15 is 0 Å². The fraction of sp³-hybridized carbons (Fsp3) is 0.143. The van der Waals surface area contributed by atoms with Gasteiger partial charge >= 0.3 is 0 Å². The van der Waals surface area contributed by atoms with Gasteiger partial charge in [-0.05, 0) is 55.0 Å². The highest BCUT2D eigenvalue weighted by atomic mass is 35.5. The average molecular weight is 398 g/mol. The van der Waals surface area contributed by atoms with Crippen LogP contribution in [0.1, 0.15) is 12.5 Å². The van der Waals surface area contributed by atoms with Crippen molar-refractivity contribution < 1.29 is 14.3 Å². The van der Waals surface area contributed by atoms with E-state index < -0.39 is 0 Å². The maximum Gasteiger partial charge on any atom is 0.248 e. The first kappa shape index (κ1) is 19.5. The molecule has 1 amide bonds. The smallest absolute Gasteiger partial charge is 0.248 e. The minimum Gasteiger partial charge on any atom is -0.491 e. The summed E-state index contributed by atoms with van der Waals surface area (Å²) in [7, 11) is 1.53. The van der Waals surface area contributed by atoms with Gasteiger partial charge in [0.05, 0.1) is 18.7 Å². The van der Waals surface area contributed by atoms with E-state index in [1.54, 1.807) is 30.6 Å². The molecule has 6 nitrogen and oxygen atoms in total. The van der Waals surface area contributed by atoms with Crippen LogP contribution in [0.5, 0.6) is 11.5 Å². The summed E-state index contributed by atoms with van der Waals surface area (Å²) in [6.45, 7) is 2.36. The Labute approximate surface area is 168 Å². The molecule has 0 aliphatic heterocycles. The maximum absolute atomic E-state index is 12.2. The zero-order valence-electron chi connectivity index (χ0n) is 15.5. The van der Waals surface area contributed by atoms with Crippen LogP contribution in [0.2, 0.25) is 5.02 Å². The molecule has 0 fully saturated rings. The minimum absolute atomic E-state index is 0.254. The summed E-state index contributed by atoms with van der Waals surface area (Å²) in [6.07, 6.45) is 6.56. The van der Waals surface area contributed by atoms with Gasteiger partial charge in [0.2, 0.25) is 5.91 Å². The van der Waals surface area contributed by atoms with Crippen molar-refractivity contribution in [2.75, 3.05) is 19.0 Å². The molecule has 28 heavy (non-hydrogen) atoms. The van der Waals surface area contributed by atoms with Crippen molar-refractivity contribution in [3.63, 3.8) is 0 Å². The molecule has 3 rings (SSSR count). The summed E-state index contributed by atoms with van der Waals surface area (Å²) < 4.78 is 10.8. The topological polar surface area (TPSA) is 76.2 Å². The fourth-order valence-corrected chi connectivity index (χ4v) is 2.93. The lowest BCUT2D eigenvalue weighted by Crippen LogP contribution is -2.07. The predicted molar refractivity (Wildman–Crippen MR) is 111 cm³/mol. The highest BCUT2D eigenvalue weighted by Crippen LogP contribution is 2.36. The van der Waals surface area contributed by atoms with Crippen LogP contribution in [-0.2, 0) is 4.79 Å². The van der Waals surface area contributed by atoms with Gasteiger partial charge in [-0.15, -0.1) is 0 Å². The van der Waals surface area contributed by atoms with Crippen LogP contribution in [0.15, 0.2) is 54.9 Å². The van der Waals surface area contributed by atoms with Gasteiger partial charge in [0.15, 0.2) is 11.5 Å². The molecule has 3 aromatic rings. The third kappa shape index (κ3) is 4.72. The number of aromatic amines is 1. The molecule has 0 bridgehead atoms. The number of methoxy groups -OCH3 is 1. The number of aromatic nitrogens is 2. The highest BCUT2D eigenvalue weighted by Gasteiger charge is 2.10. The third-order valence-electron chi connectivity index (χ3n) is 3.89. The van der Waals surface area contributed by atoms with Gasteiger partial charge in [-0.1, -0.05) is 11.6 Å². The number of hydrogen-bond donors (Lipinski definition) is 2. The number of carbonyl (C=O) groups excluding carboxylic acids is 1. The van der Waals surface area contributed by atoms with Gasteiger partial charge in [0, 0.05) is 29.7 Å². The van der Waals surface area contributed by atoms with Crippen LogP contribution in [0, 0.1) is 0 Å². The standard InChI is InChI=1S/C21H20ClN3O3/c1-3-28-18-13-14(12-17(22)20(18)27-2)4-9-19(26)25-16-7-5-15(6-8-16)21-23-10-11-24-21/h4-13H,3H2,1-2H3,(H,23,24)(H,25,26)/b9-4+. The van der Waals surface area contributed by atoms with Crippen molar-refractivity contribution in [2.24, 2.45) is 0 Å². The number of amides is 1. The highest BCUT2D eigenvalue weighted by molar-refractivity contribution is 6.32. The van der Waals surface area contributed by atoms with E-state index in [-0.39, 0.29) is 5.91 Å². The van der Waals surface area contributed by atoms with Crippen molar-refractivity contribution in [3.05, 3.63) is 65.5 Å². The Morgan fingerprint density at radius 1 is 1.29 bits per heavy atom. The van der Waals surface area contributed by atoms with Gasteiger partial charge in [-0.25, -0.2) is 4.98 Å². The first-order valence-corrected chi connectivity index (χ1v) is 9.07. The van der Waals surface area contributed by atoms with E-state index in [0.717, 1.165) is 17.0 Å². The number of anilines is 1. The zero-order chi connectivity index (χ0) is 19.9. The van der Waals surface area contributed by atoms with Crippen LogP contribution < -0.4 is 14.8 Å². The van der Waals surface area contributed by atoms with E-state index in [4.69, 9.17) is 21.1 Å². The monoisotopic (exact) mass is 397 g/mol. The van der Waals surface area contributed by atoms with Gasteiger partial charge in [0.1, 0.15) is 5.82 Å². The molecule has 0 aliphatic rings. The molecular weight excluding hydrogens is 378 g/mol. The van der Waals surface area contributed by atoms with Gasteiger partial charge < -0.3 is 19.8 Å². The van der Waals surface area contributed by atoms with Crippen LogP contribution in [0.25, 0.3) is 17.5 Å². The van der Waals surface area contributed by atoms with Crippen LogP contribution >= 0.6 is 11.6 Å². The van der Waals surface area contributed by atoms with Crippen molar-refractivity contribution in [2.45, 2.75) is 6.92 Å². The SMILES string of the molecule is CCOc1cc(/C=C/C(=O)Nc2ccc(-c3ncc[nH]3)cc2)cc(Cl)c1OC. The lowest BCUT2D eigenvalue weighted by Gasteiger charge is -2.11. The summed E-state index contributed by atoms with van der Waals surface area (Å²) in [6, 6.07) is 10.9. The second kappa shape index (κ2) is 9.10. The molecule has 0 saturated heterocycles. The van der Waals surface area contributed by atoms with Crippen molar-refractivity contribution in [1.29, 1.82) is 0 Å². The number of nitrogens with zero attached hydrogens (tertiary/aromatic N) is 1. The first-order chi connectivity index (χ1) is 13.6. The largest absolute Gasteiger partial charge is 0.491 e. The number of halogens is 1. The zero-order valence-corrected chi connectivity index (χ0v) is 16.3. The van der Waals surface area contributed by atoms with Crippen LogP contribution in [-0.4, -0.2) is 29.6 Å². The lowest BCUT2D eigenvalue weighted by atomic mass is 10.1. The molecule has 0 radical (unpaired) electrons. The number of imidazole rings is 1. The molecule has 0 spiro atoms. The summed E-state index contributed by atoms with van der Waals surface area (Å²) in [5.74, 6) is 1.53. The number of rotatable bonds is 7. The molecule has 1 heterocycles. The number of benzene rings is 2. The Balaban J connectivity index is 1.68. The summed E-state index contributed by atoms with van der Waals surface area (Å²) in [5, 5.41) is 3.23. The molecule has 1 aromatic heterocycles. The number of hydrogen-bond acceptors (Lipinski definition) is 4. The van der Waals surface area contributed by atoms with E-state index in [0.29, 0.717) is 28.8 Å². The molecule has 7 heteroatoms. The van der Waals surface area contributed by atoms with E-state index in [9.17, 15) is 4.79 Å². The Kier molecular flexibility index (Phi) is 6.34. The molecular formula is C21H20ClN3O3. The molecule has 0 atom stereocenters. The molecule has 144 valence electrons. The van der Waals surface area contributed by atoms with Gasteiger partial charge in [0.25, 0.3) is 0 Å². The van der Waals surface area contributed by atoms with E-state index in [1.165, 1.54) is 13.2 Å². The average Bonchev–Trinajstić information content (AvgIpc) is 3.22. The minimum atomic E-state index is -0.254. The molecule has 2 aromatic carbocycles. The number of ether oxygens (including phenoxy) is 2. The maximum atomic E-state index is 12.2. The Hall–Kier alpha value is -3.25. The number of nitrogens with one attached hydrogen (secondary N) is 2. The molecule has 0 saturated carbocycles. The summed E-state index contributed by atoms with van der Waals surface area (Å²) >= 11 is 6.23. The van der Waals surface area contributed by atoms with Crippen LogP contribution in [0.4, 0.5) is 5.69 Å². The summed E-state index contributed by atoms with van der Waals surface area (Å²) in [5.41, 5.74) is 2.36. The third-order valence-corrected chi connectivity index (χ3v) is 4.17. The predicted octanol–water partition coefficient (Wildman–Crippen LogP) is 4.79. The van der Waals surface area contributed by atoms with Crippen molar-refractivity contribution in [1.82, 2.24) is 9.97 Å². The number of H-pyrrole nitrogens is 1. The number of carbonyl (C=O) groups is 1. The lowest BCUT2D eigenvalue weighted by molar-refractivity contribution is -0.111. The van der Waals surface area contributed by atoms with Crippen molar-refractivity contribution in [3.8, 4) is 22.9 Å². The summed E-state index contributed by atoms with van der Waals surface area (Å²) in [4.78, 5) is 19.4. The normalized spacial score (nSPS) is 10.8. The Morgan fingerprint density at radius 2 is 2.07 bits per heavy atom. The second-order valence-electron chi connectivity index (χ2n) is 5.80. The fourth-order valence-electron chi connectivity index (χ4n) is 2.64. The first-order valence-electron chi connectivity index (χ1n) is 8.70. The van der Waals surface area contributed by atoms with E-state index in [1.807, 2.05) is 31.2 Å². The van der Waals surface area contributed by atoms with Crippen molar-refractivity contribution >= 4 is 29.3 Å². The van der Waals surface area contributed by atoms with Gasteiger partial charge in [-0.2, -0.15) is 0 Å². The van der Waals surface area contributed by atoms with E-state index in [2.05, 4.69) is 15.3 Å². The Morgan fingerprint density at radius 3 is 2.71 bits per heavy atom. The molecule has 0 unspecified atom stereocenters. The second-order valence-corrected chi connectivity index (χ2v) is 6.21.